The topological polar surface area (TPSA) is 0 Å². The van der Waals surface area contributed by atoms with Gasteiger partial charge in [0.2, 0.25) is 0 Å². The summed E-state index contributed by atoms with van der Waals surface area (Å²) in [6, 6.07) is 55.5. The highest BCUT2D eigenvalue weighted by Crippen LogP contribution is 2.55. The highest BCUT2D eigenvalue weighted by molar-refractivity contribution is 6.26. The van der Waals surface area contributed by atoms with Crippen molar-refractivity contribution in [2.24, 2.45) is 0 Å². The first-order chi connectivity index (χ1) is 25.1. The van der Waals surface area contributed by atoms with Crippen LogP contribution in [0.4, 0.5) is 0 Å². The standard InChI is InChI=1S/C52H42/c1-31-19-23-33(24-20-31)49-39-17-11-12-18-40(39)50(34-25-21-32(2)22-26-34)44-30-48-47(29-43(44)49)51(3,4)45-27-41-37-15-9-7-13-35(37)36-14-8-10-16-38(36)42(41)28-46(45)52(48,5)6/h7-30H,1-6H3. The molecule has 0 heteroatoms. The summed E-state index contributed by atoms with van der Waals surface area (Å²) >= 11 is 0. The molecule has 0 saturated heterocycles. The number of aryl methyl sites for hydroxylation is 2. The van der Waals surface area contributed by atoms with E-state index in [1.54, 1.807) is 0 Å². The van der Waals surface area contributed by atoms with E-state index in [2.05, 4.69) is 187 Å². The summed E-state index contributed by atoms with van der Waals surface area (Å²) in [5.74, 6) is 0. The zero-order valence-electron chi connectivity index (χ0n) is 30.9. The Morgan fingerprint density at radius 1 is 0.288 bits per heavy atom. The molecule has 9 aromatic carbocycles. The molecule has 10 rings (SSSR count). The van der Waals surface area contributed by atoms with Crippen molar-refractivity contribution < 1.29 is 0 Å². The largest absolute Gasteiger partial charge is 0.0616 e. The molecule has 0 spiro atoms. The van der Waals surface area contributed by atoms with E-state index < -0.39 is 0 Å². The number of hydrogen-bond donors (Lipinski definition) is 0. The van der Waals surface area contributed by atoms with E-state index in [-0.39, 0.29) is 10.8 Å². The lowest BCUT2D eigenvalue weighted by atomic mass is 9.59. The molecular weight excluding hydrogens is 625 g/mol. The van der Waals surface area contributed by atoms with Gasteiger partial charge in [-0.25, -0.2) is 0 Å². The molecular formula is C52H42. The molecule has 9 aromatic rings. The highest BCUT2D eigenvalue weighted by Gasteiger charge is 2.42. The molecule has 0 nitrogen and oxygen atoms in total. The van der Waals surface area contributed by atoms with Crippen molar-refractivity contribution in [3.63, 3.8) is 0 Å². The van der Waals surface area contributed by atoms with Crippen LogP contribution in [-0.4, -0.2) is 0 Å². The van der Waals surface area contributed by atoms with Crippen LogP contribution < -0.4 is 0 Å². The van der Waals surface area contributed by atoms with Gasteiger partial charge in [0.25, 0.3) is 0 Å². The van der Waals surface area contributed by atoms with Crippen LogP contribution in [0, 0.1) is 13.8 Å². The lowest BCUT2D eigenvalue weighted by Gasteiger charge is -2.44. The first-order valence-corrected chi connectivity index (χ1v) is 18.7. The van der Waals surface area contributed by atoms with E-state index in [1.807, 2.05) is 0 Å². The number of benzene rings is 9. The molecule has 1 aliphatic rings. The van der Waals surface area contributed by atoms with E-state index in [0.717, 1.165) is 0 Å². The van der Waals surface area contributed by atoms with E-state index >= 15 is 0 Å². The summed E-state index contributed by atoms with van der Waals surface area (Å²) in [5, 5.41) is 13.2. The average Bonchev–Trinajstić information content (AvgIpc) is 3.16. The van der Waals surface area contributed by atoms with Crippen LogP contribution in [0.2, 0.25) is 0 Å². The molecule has 0 saturated carbocycles. The lowest BCUT2D eigenvalue weighted by molar-refractivity contribution is 0.523. The lowest BCUT2D eigenvalue weighted by Crippen LogP contribution is -2.36. The molecule has 0 amide bonds. The molecule has 0 unspecified atom stereocenters. The van der Waals surface area contributed by atoms with E-state index in [1.165, 1.54) is 109 Å². The van der Waals surface area contributed by atoms with Crippen molar-refractivity contribution in [3.05, 3.63) is 179 Å². The SMILES string of the molecule is Cc1ccc(-c2c3ccccc3c(-c3ccc(C)cc3)c3cc4c(cc23)C(C)(C)c2cc3c5ccccc5c5ccccc5c3cc2C4(C)C)cc1. The first kappa shape index (κ1) is 31.1. The van der Waals surface area contributed by atoms with Crippen LogP contribution in [0.5, 0.6) is 0 Å². The molecule has 0 aliphatic heterocycles. The summed E-state index contributed by atoms with van der Waals surface area (Å²) in [4.78, 5) is 0. The van der Waals surface area contributed by atoms with Gasteiger partial charge in [0.1, 0.15) is 0 Å². The van der Waals surface area contributed by atoms with Gasteiger partial charge >= 0.3 is 0 Å². The maximum atomic E-state index is 2.58. The Morgan fingerprint density at radius 2 is 0.558 bits per heavy atom. The van der Waals surface area contributed by atoms with Crippen molar-refractivity contribution >= 4 is 53.9 Å². The fraction of sp³-hybridized carbons (Fsp3) is 0.154. The van der Waals surface area contributed by atoms with Crippen molar-refractivity contribution in [1.29, 1.82) is 0 Å². The van der Waals surface area contributed by atoms with Gasteiger partial charge in [-0.3, -0.25) is 0 Å². The molecule has 1 aliphatic carbocycles. The van der Waals surface area contributed by atoms with Gasteiger partial charge in [0.05, 0.1) is 0 Å². The van der Waals surface area contributed by atoms with Gasteiger partial charge in [0.15, 0.2) is 0 Å². The van der Waals surface area contributed by atoms with Crippen molar-refractivity contribution in [2.45, 2.75) is 52.4 Å². The van der Waals surface area contributed by atoms with Gasteiger partial charge in [-0.15, -0.1) is 0 Å². The van der Waals surface area contributed by atoms with Crippen LogP contribution in [0.15, 0.2) is 146 Å². The Hall–Kier alpha value is -5.72. The highest BCUT2D eigenvalue weighted by atomic mass is 14.5. The van der Waals surface area contributed by atoms with Crippen LogP contribution in [-0.2, 0) is 10.8 Å². The molecule has 0 heterocycles. The van der Waals surface area contributed by atoms with Crippen LogP contribution in [0.25, 0.3) is 76.1 Å². The minimum Gasteiger partial charge on any atom is -0.0616 e. The molecule has 250 valence electrons. The number of hydrogen-bond acceptors (Lipinski definition) is 0. The minimum atomic E-state index is -0.227. The second-order valence-electron chi connectivity index (χ2n) is 16.3. The third-order valence-corrected chi connectivity index (χ3v) is 12.4. The molecule has 0 radical (unpaired) electrons. The minimum absolute atomic E-state index is 0.227. The van der Waals surface area contributed by atoms with E-state index in [4.69, 9.17) is 0 Å². The Kier molecular flexibility index (Phi) is 6.50. The van der Waals surface area contributed by atoms with E-state index in [0.29, 0.717) is 0 Å². The third kappa shape index (κ3) is 4.28. The van der Waals surface area contributed by atoms with Gasteiger partial charge in [-0.2, -0.15) is 0 Å². The van der Waals surface area contributed by atoms with E-state index in [9.17, 15) is 0 Å². The van der Waals surface area contributed by atoms with Crippen molar-refractivity contribution in [3.8, 4) is 22.3 Å². The zero-order chi connectivity index (χ0) is 35.5. The monoisotopic (exact) mass is 666 g/mol. The third-order valence-electron chi connectivity index (χ3n) is 12.4. The number of fused-ring (bicyclic) bond motifs is 10. The smallest absolute Gasteiger partial charge is 0.0153 e. The molecule has 0 fully saturated rings. The molecule has 0 aromatic heterocycles. The molecule has 0 N–H and O–H groups in total. The molecule has 0 bridgehead atoms. The predicted molar refractivity (Wildman–Crippen MR) is 225 cm³/mol. The van der Waals surface area contributed by atoms with Crippen LogP contribution in [0.3, 0.4) is 0 Å². The summed E-state index contributed by atoms with van der Waals surface area (Å²) < 4.78 is 0. The Balaban J connectivity index is 1.36. The van der Waals surface area contributed by atoms with Crippen LogP contribution in [0.1, 0.15) is 61.1 Å². The zero-order valence-corrected chi connectivity index (χ0v) is 30.9. The average molecular weight is 667 g/mol. The van der Waals surface area contributed by atoms with Gasteiger partial charge in [0, 0.05) is 10.8 Å². The summed E-state index contributed by atoms with van der Waals surface area (Å²) in [5.41, 5.74) is 12.9. The summed E-state index contributed by atoms with van der Waals surface area (Å²) in [7, 11) is 0. The number of rotatable bonds is 2. The Morgan fingerprint density at radius 3 is 0.885 bits per heavy atom. The second kappa shape index (κ2) is 10.9. The molecule has 0 atom stereocenters. The van der Waals surface area contributed by atoms with Crippen molar-refractivity contribution in [1.82, 2.24) is 0 Å². The first-order valence-electron chi connectivity index (χ1n) is 18.7. The Bertz CT molecular complexity index is 2730. The second-order valence-corrected chi connectivity index (χ2v) is 16.3. The fourth-order valence-corrected chi connectivity index (χ4v) is 9.59. The van der Waals surface area contributed by atoms with Crippen molar-refractivity contribution in [2.75, 3.05) is 0 Å². The summed E-state index contributed by atoms with van der Waals surface area (Å²) in [6.07, 6.45) is 0. The van der Waals surface area contributed by atoms with Gasteiger partial charge in [-0.05, 0) is 136 Å². The fourth-order valence-electron chi connectivity index (χ4n) is 9.59. The van der Waals surface area contributed by atoms with Gasteiger partial charge in [-0.1, -0.05) is 160 Å². The Labute approximate surface area is 306 Å². The quantitative estimate of drug-likeness (QED) is 0.127. The van der Waals surface area contributed by atoms with Crippen LogP contribution >= 0.6 is 0 Å². The molecule has 52 heavy (non-hydrogen) atoms. The normalized spacial score (nSPS) is 14.7. The predicted octanol–water partition coefficient (Wildman–Crippen LogP) is 14.4. The summed E-state index contributed by atoms with van der Waals surface area (Å²) in [6.45, 7) is 14.2. The van der Waals surface area contributed by atoms with Gasteiger partial charge < -0.3 is 0 Å². The maximum Gasteiger partial charge on any atom is 0.0153 e. The maximum absolute atomic E-state index is 2.58.